The second-order valence-corrected chi connectivity index (χ2v) is 4.22. The van der Waals surface area contributed by atoms with Gasteiger partial charge in [0.25, 0.3) is 0 Å². The predicted molar refractivity (Wildman–Crippen MR) is 69.9 cm³/mol. The van der Waals surface area contributed by atoms with Crippen molar-refractivity contribution in [2.24, 2.45) is 5.10 Å². The van der Waals surface area contributed by atoms with Crippen LogP contribution in [-0.2, 0) is 4.79 Å². The fraction of sp³-hybridized carbons (Fsp3) is 0.100. The first kappa shape index (κ1) is 12.7. The van der Waals surface area contributed by atoms with Crippen molar-refractivity contribution in [2.75, 3.05) is 6.26 Å². The summed E-state index contributed by atoms with van der Waals surface area (Å²) in [5.41, 5.74) is 2.99. The van der Waals surface area contributed by atoms with Gasteiger partial charge in [0.1, 0.15) is 0 Å². The molecule has 0 aliphatic carbocycles. The number of thioether (sulfide) groups is 1. The third-order valence-electron chi connectivity index (χ3n) is 1.69. The number of carboxylic acid groups (broad SMARTS) is 1. The number of carboxylic acids is 1. The van der Waals surface area contributed by atoms with E-state index in [1.165, 1.54) is 11.8 Å². The Hall–Kier alpha value is -1.40. The number of hydrogen-bond donors (Lipinski definition) is 2. The molecule has 0 amide bonds. The molecule has 0 spiro atoms. The Morgan fingerprint density at radius 1 is 1.44 bits per heavy atom. The van der Waals surface area contributed by atoms with Crippen LogP contribution in [0.3, 0.4) is 0 Å². The van der Waals surface area contributed by atoms with E-state index in [2.05, 4.69) is 10.5 Å². The molecule has 6 heteroatoms. The van der Waals surface area contributed by atoms with Crippen LogP contribution in [0.2, 0.25) is 0 Å². The zero-order valence-electron chi connectivity index (χ0n) is 8.51. The maximum absolute atomic E-state index is 11.0. The number of nitrogens with zero attached hydrogens (tertiary/aromatic N) is 1. The minimum Gasteiger partial charge on any atom is -0.476 e. The molecule has 84 valence electrons. The molecule has 4 nitrogen and oxygen atoms in total. The molecule has 2 N–H and O–H groups in total. The first-order valence-electron chi connectivity index (χ1n) is 4.35. The number of nitrogens with one attached hydrogen (secondary N) is 1. The molecule has 0 heterocycles. The maximum atomic E-state index is 11.0. The standard InChI is InChI=1S/C10H10N2O2S2/c1-16-10(15)12-11-8(9(13)14)7-5-3-2-4-6-7/h2-6H,1H3,(H,12,15)(H,13,14). The minimum absolute atomic E-state index is 0.0583. The Bertz CT molecular complexity index is 418. The van der Waals surface area contributed by atoms with Gasteiger partial charge in [0.15, 0.2) is 10.0 Å². The van der Waals surface area contributed by atoms with Crippen LogP contribution in [0.15, 0.2) is 35.4 Å². The van der Waals surface area contributed by atoms with E-state index < -0.39 is 5.97 Å². The van der Waals surface area contributed by atoms with E-state index in [1.54, 1.807) is 30.5 Å². The van der Waals surface area contributed by atoms with Gasteiger partial charge in [0, 0.05) is 5.56 Å². The van der Waals surface area contributed by atoms with Gasteiger partial charge >= 0.3 is 5.97 Å². The average molecular weight is 254 g/mol. The molecule has 0 saturated heterocycles. The van der Waals surface area contributed by atoms with E-state index in [9.17, 15) is 4.79 Å². The number of hydrogen-bond acceptors (Lipinski definition) is 4. The largest absolute Gasteiger partial charge is 0.476 e. The molecular weight excluding hydrogens is 244 g/mol. The number of benzene rings is 1. The SMILES string of the molecule is CSC(=S)NN=C(C(=O)O)c1ccccc1. The summed E-state index contributed by atoms with van der Waals surface area (Å²) in [5, 5.41) is 12.8. The molecule has 0 aliphatic heterocycles. The highest BCUT2D eigenvalue weighted by atomic mass is 32.2. The fourth-order valence-corrected chi connectivity index (χ4v) is 1.16. The van der Waals surface area contributed by atoms with Gasteiger partial charge < -0.3 is 5.11 Å². The van der Waals surface area contributed by atoms with Crippen LogP contribution in [0.5, 0.6) is 0 Å². The van der Waals surface area contributed by atoms with E-state index in [4.69, 9.17) is 17.3 Å². The van der Waals surface area contributed by atoms with Crippen molar-refractivity contribution in [1.82, 2.24) is 5.43 Å². The molecule has 1 aromatic rings. The van der Waals surface area contributed by atoms with Crippen LogP contribution in [-0.4, -0.2) is 27.4 Å². The van der Waals surface area contributed by atoms with Crippen molar-refractivity contribution in [3.63, 3.8) is 0 Å². The number of aliphatic carboxylic acids is 1. The van der Waals surface area contributed by atoms with Gasteiger partial charge in [-0.15, -0.1) is 0 Å². The Morgan fingerprint density at radius 2 is 2.06 bits per heavy atom. The molecule has 0 atom stereocenters. The average Bonchev–Trinajstić information content (AvgIpc) is 2.30. The van der Waals surface area contributed by atoms with E-state index in [1.807, 2.05) is 6.07 Å². The summed E-state index contributed by atoms with van der Waals surface area (Å²) in [5.74, 6) is -1.09. The first-order chi connectivity index (χ1) is 7.65. The van der Waals surface area contributed by atoms with Gasteiger partial charge in [0.05, 0.1) is 0 Å². The molecule has 1 rings (SSSR count). The fourth-order valence-electron chi connectivity index (χ4n) is 0.979. The summed E-state index contributed by atoms with van der Waals surface area (Å²) in [7, 11) is 0. The normalized spacial score (nSPS) is 10.9. The number of hydrazone groups is 1. The molecule has 0 aromatic heterocycles. The quantitative estimate of drug-likeness (QED) is 0.488. The zero-order chi connectivity index (χ0) is 12.0. The highest BCUT2D eigenvalue weighted by Gasteiger charge is 2.11. The van der Waals surface area contributed by atoms with Crippen molar-refractivity contribution < 1.29 is 9.90 Å². The lowest BCUT2D eigenvalue weighted by Gasteiger charge is -2.02. The van der Waals surface area contributed by atoms with Crippen LogP contribution < -0.4 is 5.43 Å². The lowest BCUT2D eigenvalue weighted by atomic mass is 10.1. The summed E-state index contributed by atoms with van der Waals surface area (Å²) in [6.07, 6.45) is 1.79. The van der Waals surface area contributed by atoms with Gasteiger partial charge in [-0.1, -0.05) is 54.3 Å². The van der Waals surface area contributed by atoms with E-state index in [0.717, 1.165) is 0 Å². The Labute approximate surface area is 103 Å². The van der Waals surface area contributed by atoms with Gasteiger partial charge in [0.2, 0.25) is 0 Å². The minimum atomic E-state index is -1.09. The third-order valence-corrected chi connectivity index (χ3v) is 2.75. The van der Waals surface area contributed by atoms with Gasteiger partial charge in [-0.25, -0.2) is 4.79 Å². The molecule has 0 bridgehead atoms. The predicted octanol–water partition coefficient (Wildman–Crippen LogP) is 1.71. The van der Waals surface area contributed by atoms with Gasteiger partial charge in [-0.2, -0.15) is 5.10 Å². The van der Waals surface area contributed by atoms with Crippen LogP contribution in [0.1, 0.15) is 5.56 Å². The highest BCUT2D eigenvalue weighted by molar-refractivity contribution is 8.22. The molecule has 0 radical (unpaired) electrons. The summed E-state index contributed by atoms with van der Waals surface area (Å²) >= 11 is 6.16. The van der Waals surface area contributed by atoms with Crippen molar-refractivity contribution in [2.45, 2.75) is 0 Å². The zero-order valence-corrected chi connectivity index (χ0v) is 10.1. The topological polar surface area (TPSA) is 61.7 Å². The molecule has 16 heavy (non-hydrogen) atoms. The monoisotopic (exact) mass is 254 g/mol. The van der Waals surface area contributed by atoms with E-state index in [-0.39, 0.29) is 5.71 Å². The smallest absolute Gasteiger partial charge is 0.356 e. The number of thiocarbonyl (C=S) groups is 1. The van der Waals surface area contributed by atoms with Crippen LogP contribution in [0.25, 0.3) is 0 Å². The van der Waals surface area contributed by atoms with E-state index >= 15 is 0 Å². The Balaban J connectivity index is 2.92. The number of rotatable bonds is 3. The Morgan fingerprint density at radius 3 is 2.56 bits per heavy atom. The van der Waals surface area contributed by atoms with Gasteiger partial charge in [-0.05, 0) is 6.26 Å². The van der Waals surface area contributed by atoms with E-state index in [0.29, 0.717) is 9.88 Å². The highest BCUT2D eigenvalue weighted by Crippen LogP contribution is 2.02. The molecule has 0 unspecified atom stereocenters. The summed E-state index contributed by atoms with van der Waals surface area (Å²) < 4.78 is 0.426. The van der Waals surface area contributed by atoms with Crippen LogP contribution >= 0.6 is 24.0 Å². The number of carbonyl (C=O) groups is 1. The van der Waals surface area contributed by atoms with Crippen LogP contribution in [0.4, 0.5) is 0 Å². The molecule has 0 saturated carbocycles. The lowest BCUT2D eigenvalue weighted by molar-refractivity contribution is -0.129. The summed E-state index contributed by atoms with van der Waals surface area (Å²) in [6.45, 7) is 0. The second-order valence-electron chi connectivity index (χ2n) is 2.73. The van der Waals surface area contributed by atoms with Crippen LogP contribution in [0, 0.1) is 0 Å². The maximum Gasteiger partial charge on any atom is 0.356 e. The molecular formula is C10H10N2O2S2. The molecule has 1 aromatic carbocycles. The van der Waals surface area contributed by atoms with Crippen molar-refractivity contribution in [1.29, 1.82) is 0 Å². The Kier molecular flexibility index (Phi) is 4.94. The first-order valence-corrected chi connectivity index (χ1v) is 5.99. The van der Waals surface area contributed by atoms with Gasteiger partial charge in [-0.3, -0.25) is 5.43 Å². The molecule has 0 aliphatic rings. The molecule has 0 fully saturated rings. The van der Waals surface area contributed by atoms with Crippen molar-refractivity contribution in [3.8, 4) is 0 Å². The summed E-state index contributed by atoms with van der Waals surface area (Å²) in [6, 6.07) is 8.66. The lowest BCUT2D eigenvalue weighted by Crippen LogP contribution is -2.21. The second kappa shape index (κ2) is 6.24. The van der Waals surface area contributed by atoms with Crippen molar-refractivity contribution >= 4 is 40.0 Å². The summed E-state index contributed by atoms with van der Waals surface area (Å²) in [4.78, 5) is 11.0. The van der Waals surface area contributed by atoms with Crippen molar-refractivity contribution in [3.05, 3.63) is 35.9 Å². The third kappa shape index (κ3) is 3.63.